The zero-order chi connectivity index (χ0) is 19.6. The number of aryl methyl sites for hydroxylation is 1. The average molecular weight is 361 g/mol. The quantitative estimate of drug-likeness (QED) is 0.635. The molecule has 0 spiro atoms. The third-order valence-corrected chi connectivity index (χ3v) is 4.73. The second-order valence-electron chi connectivity index (χ2n) is 7.49. The molecule has 0 saturated carbocycles. The largest absolute Gasteiger partial charge is 0.320 e. The Morgan fingerprint density at radius 1 is 0.926 bits per heavy atom. The SMILES string of the molecule is Cc1cc(C(=O)Nc2c(C(C)C)cccc2C(C)C)nn1-c1ccccc1. The van der Waals surface area contributed by atoms with Crippen LogP contribution < -0.4 is 5.32 Å². The predicted molar refractivity (Wildman–Crippen MR) is 111 cm³/mol. The third-order valence-electron chi connectivity index (χ3n) is 4.73. The highest BCUT2D eigenvalue weighted by Gasteiger charge is 2.19. The number of para-hydroxylation sites is 2. The Hall–Kier alpha value is -2.88. The first-order valence-electron chi connectivity index (χ1n) is 9.44. The molecule has 1 amide bonds. The molecule has 0 atom stereocenters. The number of rotatable bonds is 5. The average Bonchev–Trinajstić information content (AvgIpc) is 3.04. The zero-order valence-electron chi connectivity index (χ0n) is 16.7. The van der Waals surface area contributed by atoms with Crippen molar-refractivity contribution < 1.29 is 4.79 Å². The number of anilines is 1. The monoisotopic (exact) mass is 361 g/mol. The minimum Gasteiger partial charge on any atom is -0.320 e. The lowest BCUT2D eigenvalue weighted by Crippen LogP contribution is -2.16. The highest BCUT2D eigenvalue weighted by molar-refractivity contribution is 6.04. The van der Waals surface area contributed by atoms with Gasteiger partial charge in [0.15, 0.2) is 5.69 Å². The number of hydrogen-bond donors (Lipinski definition) is 1. The van der Waals surface area contributed by atoms with Crippen LogP contribution in [-0.2, 0) is 0 Å². The van der Waals surface area contributed by atoms with E-state index in [1.165, 1.54) is 0 Å². The minimum absolute atomic E-state index is 0.178. The van der Waals surface area contributed by atoms with Crippen LogP contribution in [0.25, 0.3) is 5.69 Å². The molecule has 0 radical (unpaired) electrons. The Bertz CT molecular complexity index is 913. The molecule has 0 fully saturated rings. The smallest absolute Gasteiger partial charge is 0.276 e. The van der Waals surface area contributed by atoms with E-state index >= 15 is 0 Å². The number of amides is 1. The molecule has 0 aliphatic heterocycles. The maximum absolute atomic E-state index is 13.0. The van der Waals surface area contributed by atoms with Gasteiger partial charge in [0.2, 0.25) is 0 Å². The van der Waals surface area contributed by atoms with Crippen LogP contribution in [0.3, 0.4) is 0 Å². The topological polar surface area (TPSA) is 46.9 Å². The van der Waals surface area contributed by atoms with Gasteiger partial charge in [0.25, 0.3) is 5.91 Å². The predicted octanol–water partition coefficient (Wildman–Crippen LogP) is 5.68. The Balaban J connectivity index is 1.95. The first-order valence-corrected chi connectivity index (χ1v) is 9.44. The van der Waals surface area contributed by atoms with Crippen LogP contribution in [0.2, 0.25) is 0 Å². The molecule has 4 nitrogen and oxygen atoms in total. The molecule has 0 saturated heterocycles. The summed E-state index contributed by atoms with van der Waals surface area (Å²) in [5, 5.41) is 7.67. The maximum Gasteiger partial charge on any atom is 0.276 e. The molecule has 3 aromatic rings. The molecule has 140 valence electrons. The van der Waals surface area contributed by atoms with Gasteiger partial charge >= 0.3 is 0 Å². The van der Waals surface area contributed by atoms with Crippen LogP contribution in [0.4, 0.5) is 5.69 Å². The van der Waals surface area contributed by atoms with Crippen molar-refractivity contribution in [2.45, 2.75) is 46.5 Å². The van der Waals surface area contributed by atoms with E-state index in [1.807, 2.05) is 43.3 Å². The lowest BCUT2D eigenvalue weighted by molar-refractivity contribution is 0.102. The molecular weight excluding hydrogens is 334 g/mol. The number of benzene rings is 2. The Labute approximate surface area is 161 Å². The molecule has 0 aliphatic rings. The number of aromatic nitrogens is 2. The van der Waals surface area contributed by atoms with E-state index in [-0.39, 0.29) is 5.91 Å². The van der Waals surface area contributed by atoms with Crippen LogP contribution >= 0.6 is 0 Å². The van der Waals surface area contributed by atoms with E-state index in [9.17, 15) is 4.79 Å². The third kappa shape index (κ3) is 3.95. The number of carbonyl (C=O) groups is 1. The standard InChI is InChI=1S/C23H27N3O/c1-15(2)19-12-9-13-20(16(3)4)22(19)24-23(27)21-14-17(5)26(25-21)18-10-7-6-8-11-18/h6-16H,1-5H3,(H,24,27). The number of nitrogens with zero attached hydrogens (tertiary/aromatic N) is 2. The van der Waals surface area contributed by atoms with Gasteiger partial charge < -0.3 is 5.32 Å². The first kappa shape index (κ1) is 18.9. The molecule has 0 unspecified atom stereocenters. The number of nitrogens with one attached hydrogen (secondary N) is 1. The molecule has 3 rings (SSSR count). The molecule has 1 aromatic heterocycles. The Morgan fingerprint density at radius 3 is 2.07 bits per heavy atom. The van der Waals surface area contributed by atoms with E-state index in [2.05, 4.69) is 56.3 Å². The lowest BCUT2D eigenvalue weighted by Gasteiger charge is -2.19. The van der Waals surface area contributed by atoms with Gasteiger partial charge in [-0.2, -0.15) is 5.10 Å². The van der Waals surface area contributed by atoms with Crippen molar-refractivity contribution in [2.75, 3.05) is 5.32 Å². The highest BCUT2D eigenvalue weighted by atomic mass is 16.2. The van der Waals surface area contributed by atoms with Gasteiger partial charge in [0, 0.05) is 11.4 Å². The summed E-state index contributed by atoms with van der Waals surface area (Å²) in [6.45, 7) is 10.5. The summed E-state index contributed by atoms with van der Waals surface area (Å²) in [4.78, 5) is 13.0. The molecule has 0 aliphatic carbocycles. The molecule has 27 heavy (non-hydrogen) atoms. The van der Waals surface area contributed by atoms with Gasteiger partial charge in [0.1, 0.15) is 0 Å². The van der Waals surface area contributed by atoms with Crippen LogP contribution in [0.5, 0.6) is 0 Å². The summed E-state index contributed by atoms with van der Waals surface area (Å²) >= 11 is 0. The van der Waals surface area contributed by atoms with Crippen molar-refractivity contribution in [3.63, 3.8) is 0 Å². The summed E-state index contributed by atoms with van der Waals surface area (Å²) in [6.07, 6.45) is 0. The van der Waals surface area contributed by atoms with Gasteiger partial charge in [-0.05, 0) is 48.1 Å². The second kappa shape index (κ2) is 7.78. The molecular formula is C23H27N3O. The van der Waals surface area contributed by atoms with Crippen molar-refractivity contribution >= 4 is 11.6 Å². The Morgan fingerprint density at radius 2 is 1.52 bits per heavy atom. The van der Waals surface area contributed by atoms with Crippen molar-refractivity contribution in [1.29, 1.82) is 0 Å². The van der Waals surface area contributed by atoms with Gasteiger partial charge in [-0.25, -0.2) is 4.68 Å². The van der Waals surface area contributed by atoms with Gasteiger partial charge in [0.05, 0.1) is 5.69 Å². The number of hydrogen-bond acceptors (Lipinski definition) is 2. The summed E-state index contributed by atoms with van der Waals surface area (Å²) in [5.74, 6) is 0.466. The maximum atomic E-state index is 13.0. The van der Waals surface area contributed by atoms with Crippen LogP contribution in [-0.4, -0.2) is 15.7 Å². The van der Waals surface area contributed by atoms with Crippen molar-refractivity contribution in [3.8, 4) is 5.69 Å². The fraction of sp³-hybridized carbons (Fsp3) is 0.304. The van der Waals surface area contributed by atoms with E-state index in [4.69, 9.17) is 0 Å². The normalized spacial score (nSPS) is 11.2. The van der Waals surface area contributed by atoms with Crippen LogP contribution in [0.1, 0.15) is 66.8 Å². The summed E-state index contributed by atoms with van der Waals surface area (Å²) < 4.78 is 1.80. The van der Waals surface area contributed by atoms with Crippen molar-refractivity contribution in [2.24, 2.45) is 0 Å². The fourth-order valence-corrected chi connectivity index (χ4v) is 3.29. The summed E-state index contributed by atoms with van der Waals surface area (Å²) in [5.41, 5.74) is 5.50. The first-order chi connectivity index (χ1) is 12.9. The van der Waals surface area contributed by atoms with Crippen LogP contribution in [0, 0.1) is 6.92 Å². The minimum atomic E-state index is -0.178. The van der Waals surface area contributed by atoms with E-state index in [1.54, 1.807) is 4.68 Å². The van der Waals surface area contributed by atoms with Crippen LogP contribution in [0.15, 0.2) is 54.6 Å². The van der Waals surface area contributed by atoms with Gasteiger partial charge in [-0.1, -0.05) is 64.1 Å². The molecule has 0 bridgehead atoms. The fourth-order valence-electron chi connectivity index (χ4n) is 3.29. The molecule has 4 heteroatoms. The zero-order valence-corrected chi connectivity index (χ0v) is 16.7. The summed E-state index contributed by atoms with van der Waals surface area (Å²) in [6, 6.07) is 17.9. The number of carbonyl (C=O) groups excluding carboxylic acids is 1. The summed E-state index contributed by atoms with van der Waals surface area (Å²) in [7, 11) is 0. The van der Waals surface area contributed by atoms with Gasteiger partial charge in [-0.3, -0.25) is 4.79 Å². The molecule has 2 aromatic carbocycles. The highest BCUT2D eigenvalue weighted by Crippen LogP contribution is 2.32. The molecule has 1 N–H and O–H groups in total. The Kier molecular flexibility index (Phi) is 5.45. The molecule has 1 heterocycles. The lowest BCUT2D eigenvalue weighted by atomic mass is 9.92. The van der Waals surface area contributed by atoms with Crippen molar-refractivity contribution in [1.82, 2.24) is 9.78 Å². The second-order valence-corrected chi connectivity index (χ2v) is 7.49. The van der Waals surface area contributed by atoms with Gasteiger partial charge in [-0.15, -0.1) is 0 Å². The van der Waals surface area contributed by atoms with E-state index in [0.717, 1.165) is 28.2 Å². The van der Waals surface area contributed by atoms with E-state index < -0.39 is 0 Å². The van der Waals surface area contributed by atoms with Crippen molar-refractivity contribution in [3.05, 3.63) is 77.1 Å². The van der Waals surface area contributed by atoms with E-state index in [0.29, 0.717) is 17.5 Å².